The van der Waals surface area contributed by atoms with Gasteiger partial charge in [-0.05, 0) is 56.1 Å². The number of urea groups is 1. The number of likely N-dealkylation sites (tertiary alicyclic amines) is 1. The van der Waals surface area contributed by atoms with Crippen molar-refractivity contribution in [1.82, 2.24) is 10.2 Å². The fourth-order valence-corrected chi connectivity index (χ4v) is 4.78. The third-order valence-electron chi connectivity index (χ3n) is 6.79. The van der Waals surface area contributed by atoms with E-state index in [0.29, 0.717) is 6.54 Å². The van der Waals surface area contributed by atoms with E-state index in [1.165, 1.54) is 19.3 Å². The molecule has 184 valence electrons. The summed E-state index contributed by atoms with van der Waals surface area (Å²) in [7, 11) is 0. The van der Waals surface area contributed by atoms with E-state index in [9.17, 15) is 9.90 Å². The van der Waals surface area contributed by atoms with Crippen molar-refractivity contribution in [2.24, 2.45) is 5.92 Å². The Hall–Kier alpha value is -2.45. The fourth-order valence-electron chi connectivity index (χ4n) is 4.78. The summed E-state index contributed by atoms with van der Waals surface area (Å²) in [6.45, 7) is 7.82. The number of carbonyl (C=O) groups is 1. The van der Waals surface area contributed by atoms with E-state index in [4.69, 9.17) is 9.47 Å². The molecule has 7 heteroatoms. The maximum atomic E-state index is 11.8. The first-order valence-electron chi connectivity index (χ1n) is 12.4. The van der Waals surface area contributed by atoms with Gasteiger partial charge in [0, 0.05) is 30.3 Å². The zero-order valence-corrected chi connectivity index (χ0v) is 20.2. The first-order chi connectivity index (χ1) is 16.6. The van der Waals surface area contributed by atoms with E-state index in [1.807, 2.05) is 55.5 Å². The third-order valence-corrected chi connectivity index (χ3v) is 6.79. The number of aliphatic hydroxyl groups excluding tert-OH is 1. The van der Waals surface area contributed by atoms with Gasteiger partial charge in [0.2, 0.25) is 0 Å². The van der Waals surface area contributed by atoms with Crippen LogP contribution < -0.4 is 10.6 Å². The minimum Gasteiger partial charge on any atom is -0.392 e. The lowest BCUT2D eigenvalue weighted by Crippen LogP contribution is -2.45. The summed E-state index contributed by atoms with van der Waals surface area (Å²) in [5, 5.41) is 15.0. The molecule has 0 aromatic heterocycles. The molecule has 0 saturated carbocycles. The molecule has 0 radical (unpaired) electrons. The van der Waals surface area contributed by atoms with E-state index < -0.39 is 6.29 Å². The van der Waals surface area contributed by atoms with Gasteiger partial charge in [-0.1, -0.05) is 49.7 Å². The number of nitrogens with zero attached hydrogens (tertiary/aromatic N) is 1. The molecular formula is C27H37N3O4. The minimum atomic E-state index is -0.493. The average molecular weight is 468 g/mol. The van der Waals surface area contributed by atoms with Gasteiger partial charge in [-0.2, -0.15) is 0 Å². The summed E-state index contributed by atoms with van der Waals surface area (Å²) in [5.74, 6) is 0.178. The fraction of sp³-hybridized carbons (Fsp3) is 0.519. The van der Waals surface area contributed by atoms with Crippen LogP contribution in [0.3, 0.4) is 0 Å². The quantitative estimate of drug-likeness (QED) is 0.554. The van der Waals surface area contributed by atoms with Gasteiger partial charge in [0.15, 0.2) is 6.29 Å². The number of rotatable bonds is 7. The Morgan fingerprint density at radius 2 is 1.68 bits per heavy atom. The van der Waals surface area contributed by atoms with E-state index >= 15 is 0 Å². The zero-order chi connectivity index (χ0) is 23.9. The number of benzene rings is 2. The van der Waals surface area contributed by atoms with Gasteiger partial charge in [-0.25, -0.2) is 4.79 Å². The SMILES string of the molecule is CCNC(=O)Nc1ccc([C@H]2O[C@@H](CN3CCCCC3)[C@@H](C)[C@@H](c3ccc(CO)cc3)O2)cc1. The normalized spacial score (nSPS) is 25.6. The molecule has 2 heterocycles. The Kier molecular flexibility index (Phi) is 8.56. The molecule has 0 aliphatic carbocycles. The average Bonchev–Trinajstić information content (AvgIpc) is 2.87. The molecule has 3 N–H and O–H groups in total. The lowest BCUT2D eigenvalue weighted by molar-refractivity contribution is -0.276. The number of nitrogens with one attached hydrogen (secondary N) is 2. The zero-order valence-electron chi connectivity index (χ0n) is 20.2. The Morgan fingerprint density at radius 1 is 1.00 bits per heavy atom. The minimum absolute atomic E-state index is 0.0291. The monoisotopic (exact) mass is 467 g/mol. The lowest BCUT2D eigenvalue weighted by atomic mass is 9.89. The largest absolute Gasteiger partial charge is 0.392 e. The Labute approximate surface area is 202 Å². The second-order valence-corrected chi connectivity index (χ2v) is 9.29. The molecule has 34 heavy (non-hydrogen) atoms. The summed E-state index contributed by atoms with van der Waals surface area (Å²) in [6.07, 6.45) is 3.22. The predicted molar refractivity (Wildman–Crippen MR) is 132 cm³/mol. The molecule has 0 unspecified atom stereocenters. The van der Waals surface area contributed by atoms with Crippen molar-refractivity contribution >= 4 is 11.7 Å². The van der Waals surface area contributed by atoms with E-state index in [1.54, 1.807) is 0 Å². The summed E-state index contributed by atoms with van der Waals surface area (Å²) < 4.78 is 13.1. The van der Waals surface area contributed by atoms with E-state index in [0.717, 1.165) is 42.0 Å². The molecule has 7 nitrogen and oxygen atoms in total. The van der Waals surface area contributed by atoms with E-state index in [-0.39, 0.29) is 30.8 Å². The van der Waals surface area contributed by atoms with Gasteiger partial charge in [0.1, 0.15) is 0 Å². The smallest absolute Gasteiger partial charge is 0.319 e. The number of hydrogen-bond acceptors (Lipinski definition) is 5. The van der Waals surface area contributed by atoms with Crippen LogP contribution in [-0.2, 0) is 16.1 Å². The van der Waals surface area contributed by atoms with Crippen LogP contribution in [0, 0.1) is 5.92 Å². The third kappa shape index (κ3) is 6.16. The number of aliphatic hydroxyl groups is 1. The molecule has 2 fully saturated rings. The van der Waals surface area contributed by atoms with Crippen LogP contribution in [0.25, 0.3) is 0 Å². The summed E-state index contributed by atoms with van der Waals surface area (Å²) >= 11 is 0. The van der Waals surface area contributed by atoms with Gasteiger partial charge in [-0.3, -0.25) is 0 Å². The number of ether oxygens (including phenoxy) is 2. The van der Waals surface area contributed by atoms with Gasteiger partial charge in [-0.15, -0.1) is 0 Å². The number of anilines is 1. The van der Waals surface area contributed by atoms with Gasteiger partial charge in [0.05, 0.1) is 18.8 Å². The highest BCUT2D eigenvalue weighted by molar-refractivity contribution is 5.89. The first-order valence-corrected chi connectivity index (χ1v) is 12.4. The van der Waals surface area contributed by atoms with Gasteiger partial charge >= 0.3 is 6.03 Å². The van der Waals surface area contributed by atoms with Crippen molar-refractivity contribution in [3.63, 3.8) is 0 Å². The maximum Gasteiger partial charge on any atom is 0.319 e. The molecule has 0 bridgehead atoms. The number of hydrogen-bond donors (Lipinski definition) is 3. The number of piperidine rings is 1. The molecular weight excluding hydrogens is 430 g/mol. The number of amides is 2. The Morgan fingerprint density at radius 3 is 2.32 bits per heavy atom. The molecule has 2 aliphatic rings. The van der Waals surface area contributed by atoms with Crippen LogP contribution in [0.5, 0.6) is 0 Å². The van der Waals surface area contributed by atoms with Gasteiger partial charge < -0.3 is 30.1 Å². The maximum absolute atomic E-state index is 11.8. The Balaban J connectivity index is 1.53. The van der Waals surface area contributed by atoms with Crippen LogP contribution in [0.1, 0.15) is 62.2 Å². The molecule has 2 aliphatic heterocycles. The van der Waals surface area contributed by atoms with Crippen LogP contribution in [0.2, 0.25) is 0 Å². The number of carbonyl (C=O) groups excluding carboxylic acids is 1. The highest BCUT2D eigenvalue weighted by atomic mass is 16.7. The van der Waals surface area contributed by atoms with Crippen molar-refractivity contribution < 1.29 is 19.4 Å². The summed E-state index contributed by atoms with van der Waals surface area (Å²) in [5.41, 5.74) is 3.63. The Bertz CT molecular complexity index is 912. The van der Waals surface area contributed by atoms with Crippen molar-refractivity contribution in [3.8, 4) is 0 Å². The van der Waals surface area contributed by atoms with Crippen LogP contribution in [-0.4, -0.2) is 48.3 Å². The van der Waals surface area contributed by atoms with Crippen LogP contribution in [0.15, 0.2) is 48.5 Å². The molecule has 4 atom stereocenters. The summed E-state index contributed by atoms with van der Waals surface area (Å²) in [6, 6.07) is 15.4. The van der Waals surface area contributed by atoms with Gasteiger partial charge in [0.25, 0.3) is 0 Å². The van der Waals surface area contributed by atoms with Crippen LogP contribution >= 0.6 is 0 Å². The topological polar surface area (TPSA) is 83.1 Å². The second kappa shape index (κ2) is 11.8. The molecule has 2 saturated heterocycles. The van der Waals surface area contributed by atoms with Crippen LogP contribution in [0.4, 0.5) is 10.5 Å². The molecule has 2 aromatic carbocycles. The van der Waals surface area contributed by atoms with Crippen molar-refractivity contribution in [2.45, 2.75) is 58.2 Å². The lowest BCUT2D eigenvalue weighted by Gasteiger charge is -2.43. The first kappa shape index (κ1) is 24.7. The standard InChI is InChI=1S/C27H37N3O4/c1-3-28-27(32)29-23-13-11-22(12-14-23)26-33-24(17-30-15-5-4-6-16-30)19(2)25(34-26)21-9-7-20(18-31)8-10-21/h7-14,19,24-26,31H,3-6,15-18H2,1-2H3,(H2,28,29,32)/t19-,24+,25+,26+/m1/s1. The summed E-state index contributed by atoms with van der Waals surface area (Å²) in [4.78, 5) is 14.3. The van der Waals surface area contributed by atoms with Crippen molar-refractivity contribution in [2.75, 3.05) is 31.5 Å². The highest BCUT2D eigenvalue weighted by Gasteiger charge is 2.39. The molecule has 0 spiro atoms. The molecule has 2 amide bonds. The highest BCUT2D eigenvalue weighted by Crippen LogP contribution is 2.42. The molecule has 4 rings (SSSR count). The van der Waals surface area contributed by atoms with Crippen molar-refractivity contribution in [1.29, 1.82) is 0 Å². The second-order valence-electron chi connectivity index (χ2n) is 9.29. The van der Waals surface area contributed by atoms with E-state index in [2.05, 4.69) is 22.5 Å². The molecule has 2 aromatic rings. The van der Waals surface area contributed by atoms with Crippen molar-refractivity contribution in [3.05, 3.63) is 65.2 Å². The predicted octanol–water partition coefficient (Wildman–Crippen LogP) is 4.60.